The lowest BCUT2D eigenvalue weighted by Gasteiger charge is -2.06. The van der Waals surface area contributed by atoms with E-state index in [0.29, 0.717) is 25.6 Å². The molecular formula is C21H24O5. The van der Waals surface area contributed by atoms with E-state index in [0.717, 1.165) is 16.9 Å². The standard InChI is InChI=1S/C21H24O5/c1-3-24-21(22)16-26-20-12-8-18(9-13-20)5-4-17-6-10-19(11-7-17)25-15-14-23-2/h4-13H,3,14-16H2,1-2H3/b5-4+. The van der Waals surface area contributed by atoms with Crippen LogP contribution >= 0.6 is 0 Å². The second-order valence-electron chi connectivity index (χ2n) is 5.41. The van der Waals surface area contributed by atoms with Crippen molar-refractivity contribution in [3.8, 4) is 11.5 Å². The molecule has 0 fully saturated rings. The SMILES string of the molecule is CCOC(=O)COc1ccc(/C=C/c2ccc(OCCOC)cc2)cc1. The van der Waals surface area contributed by atoms with Crippen LogP contribution in [0.25, 0.3) is 12.2 Å². The summed E-state index contributed by atoms with van der Waals surface area (Å²) in [4.78, 5) is 11.3. The Balaban J connectivity index is 1.84. The molecule has 0 heterocycles. The van der Waals surface area contributed by atoms with Crippen molar-refractivity contribution in [2.75, 3.05) is 33.5 Å². The van der Waals surface area contributed by atoms with E-state index in [-0.39, 0.29) is 12.6 Å². The Bertz CT molecular complexity index is 689. The van der Waals surface area contributed by atoms with E-state index in [1.807, 2.05) is 60.7 Å². The molecule has 0 atom stereocenters. The number of hydrogen-bond donors (Lipinski definition) is 0. The topological polar surface area (TPSA) is 54.0 Å². The summed E-state index contributed by atoms with van der Waals surface area (Å²) in [5.74, 6) is 1.08. The van der Waals surface area contributed by atoms with Gasteiger partial charge in [-0.15, -0.1) is 0 Å². The van der Waals surface area contributed by atoms with Crippen LogP contribution in [0.1, 0.15) is 18.1 Å². The Kier molecular flexibility index (Phi) is 8.23. The Hall–Kier alpha value is -2.79. The van der Waals surface area contributed by atoms with Crippen molar-refractivity contribution in [2.45, 2.75) is 6.92 Å². The minimum absolute atomic E-state index is 0.0815. The predicted molar refractivity (Wildman–Crippen MR) is 101 cm³/mol. The van der Waals surface area contributed by atoms with Crippen LogP contribution in [0.15, 0.2) is 48.5 Å². The molecule has 0 aliphatic carbocycles. The minimum atomic E-state index is -0.369. The smallest absolute Gasteiger partial charge is 0.344 e. The molecule has 0 amide bonds. The minimum Gasteiger partial charge on any atom is -0.491 e. The highest BCUT2D eigenvalue weighted by atomic mass is 16.6. The molecule has 138 valence electrons. The first-order valence-corrected chi connectivity index (χ1v) is 8.49. The molecule has 0 aliphatic rings. The maximum atomic E-state index is 11.3. The van der Waals surface area contributed by atoms with Gasteiger partial charge in [0.15, 0.2) is 6.61 Å². The highest BCUT2D eigenvalue weighted by Crippen LogP contribution is 2.17. The van der Waals surface area contributed by atoms with E-state index in [1.165, 1.54) is 0 Å². The summed E-state index contributed by atoms with van der Waals surface area (Å²) < 4.78 is 20.7. The van der Waals surface area contributed by atoms with Crippen LogP contribution in [0.2, 0.25) is 0 Å². The van der Waals surface area contributed by atoms with Crippen molar-refractivity contribution in [3.05, 3.63) is 59.7 Å². The maximum Gasteiger partial charge on any atom is 0.344 e. The van der Waals surface area contributed by atoms with Crippen molar-refractivity contribution >= 4 is 18.1 Å². The van der Waals surface area contributed by atoms with Crippen LogP contribution in [0, 0.1) is 0 Å². The number of benzene rings is 2. The van der Waals surface area contributed by atoms with E-state index in [2.05, 4.69) is 0 Å². The molecule has 0 spiro atoms. The summed E-state index contributed by atoms with van der Waals surface area (Å²) in [6, 6.07) is 15.4. The number of carbonyl (C=O) groups is 1. The number of carbonyl (C=O) groups excluding carboxylic acids is 1. The molecule has 26 heavy (non-hydrogen) atoms. The van der Waals surface area contributed by atoms with E-state index in [4.69, 9.17) is 18.9 Å². The molecule has 0 unspecified atom stereocenters. The zero-order chi connectivity index (χ0) is 18.6. The molecule has 2 aromatic rings. The van der Waals surface area contributed by atoms with Gasteiger partial charge in [-0.05, 0) is 42.3 Å². The Morgan fingerprint density at radius 2 is 1.38 bits per heavy atom. The first-order valence-electron chi connectivity index (χ1n) is 8.49. The van der Waals surface area contributed by atoms with E-state index >= 15 is 0 Å². The summed E-state index contributed by atoms with van der Waals surface area (Å²) in [6.45, 7) is 3.15. The van der Waals surface area contributed by atoms with Crippen molar-refractivity contribution in [2.24, 2.45) is 0 Å². The number of hydrogen-bond acceptors (Lipinski definition) is 5. The zero-order valence-electron chi connectivity index (χ0n) is 15.1. The van der Waals surface area contributed by atoms with Crippen molar-refractivity contribution < 1.29 is 23.7 Å². The van der Waals surface area contributed by atoms with E-state index < -0.39 is 0 Å². The molecule has 0 aromatic heterocycles. The monoisotopic (exact) mass is 356 g/mol. The molecule has 0 N–H and O–H groups in total. The first kappa shape index (κ1) is 19.5. The summed E-state index contributed by atoms with van der Waals surface area (Å²) in [5.41, 5.74) is 2.11. The molecule has 0 saturated heterocycles. The Morgan fingerprint density at radius 3 is 1.88 bits per heavy atom. The molecule has 0 saturated carbocycles. The second-order valence-corrected chi connectivity index (χ2v) is 5.41. The van der Waals surface area contributed by atoms with E-state index in [1.54, 1.807) is 14.0 Å². The number of methoxy groups -OCH3 is 1. The summed E-state index contributed by atoms with van der Waals surface area (Å²) in [6.07, 6.45) is 4.03. The second kappa shape index (κ2) is 10.9. The fraction of sp³-hybridized carbons (Fsp3) is 0.286. The average Bonchev–Trinajstić information content (AvgIpc) is 2.67. The van der Waals surface area contributed by atoms with Gasteiger partial charge in [0.1, 0.15) is 18.1 Å². The molecule has 2 aromatic carbocycles. The van der Waals surface area contributed by atoms with Gasteiger partial charge in [0.2, 0.25) is 0 Å². The summed E-state index contributed by atoms with van der Waals surface area (Å²) in [7, 11) is 1.65. The van der Waals surface area contributed by atoms with Crippen LogP contribution in [-0.4, -0.2) is 39.5 Å². The van der Waals surface area contributed by atoms with Crippen LogP contribution in [0.5, 0.6) is 11.5 Å². The van der Waals surface area contributed by atoms with Gasteiger partial charge < -0.3 is 18.9 Å². The third kappa shape index (κ3) is 6.99. The third-order valence-electron chi connectivity index (χ3n) is 3.45. The number of esters is 1. The van der Waals surface area contributed by atoms with Gasteiger partial charge in [0.05, 0.1) is 13.2 Å². The van der Waals surface area contributed by atoms with Crippen molar-refractivity contribution in [1.29, 1.82) is 0 Å². The van der Waals surface area contributed by atoms with Crippen LogP contribution < -0.4 is 9.47 Å². The molecule has 5 heteroatoms. The Morgan fingerprint density at radius 1 is 0.846 bits per heavy atom. The van der Waals surface area contributed by atoms with Gasteiger partial charge >= 0.3 is 5.97 Å². The molecule has 0 bridgehead atoms. The quantitative estimate of drug-likeness (QED) is 0.368. The summed E-state index contributed by atoms with van der Waals surface area (Å²) >= 11 is 0. The largest absolute Gasteiger partial charge is 0.491 e. The average molecular weight is 356 g/mol. The van der Waals surface area contributed by atoms with Crippen LogP contribution in [0.3, 0.4) is 0 Å². The number of ether oxygens (including phenoxy) is 4. The fourth-order valence-electron chi connectivity index (χ4n) is 2.13. The lowest BCUT2D eigenvalue weighted by Crippen LogP contribution is -2.14. The molecule has 2 rings (SSSR count). The number of rotatable bonds is 10. The third-order valence-corrected chi connectivity index (χ3v) is 3.45. The highest BCUT2D eigenvalue weighted by Gasteiger charge is 2.02. The molecule has 0 radical (unpaired) electrons. The van der Waals surface area contributed by atoms with Gasteiger partial charge in [-0.2, -0.15) is 0 Å². The Labute approximate surface area is 154 Å². The fourth-order valence-corrected chi connectivity index (χ4v) is 2.13. The highest BCUT2D eigenvalue weighted by molar-refractivity contribution is 5.71. The van der Waals surface area contributed by atoms with E-state index in [9.17, 15) is 4.79 Å². The van der Waals surface area contributed by atoms with Gasteiger partial charge in [-0.3, -0.25) is 0 Å². The van der Waals surface area contributed by atoms with Gasteiger partial charge in [0.25, 0.3) is 0 Å². The van der Waals surface area contributed by atoms with Gasteiger partial charge in [0, 0.05) is 7.11 Å². The molecule has 5 nitrogen and oxygen atoms in total. The van der Waals surface area contributed by atoms with Crippen LogP contribution in [0.4, 0.5) is 0 Å². The maximum absolute atomic E-state index is 11.3. The molecule has 0 aliphatic heterocycles. The van der Waals surface area contributed by atoms with Crippen molar-refractivity contribution in [3.63, 3.8) is 0 Å². The zero-order valence-corrected chi connectivity index (χ0v) is 15.1. The lowest BCUT2D eigenvalue weighted by molar-refractivity contribution is -0.145. The lowest BCUT2D eigenvalue weighted by atomic mass is 10.1. The normalized spacial score (nSPS) is 10.7. The van der Waals surface area contributed by atoms with Gasteiger partial charge in [-0.1, -0.05) is 36.4 Å². The summed E-state index contributed by atoms with van der Waals surface area (Å²) in [5, 5.41) is 0. The predicted octanol–water partition coefficient (Wildman–Crippen LogP) is 3.82. The first-order chi connectivity index (χ1) is 12.7. The van der Waals surface area contributed by atoms with Crippen LogP contribution in [-0.2, 0) is 14.3 Å². The molecular weight excluding hydrogens is 332 g/mol. The van der Waals surface area contributed by atoms with Crippen molar-refractivity contribution in [1.82, 2.24) is 0 Å². The van der Waals surface area contributed by atoms with Gasteiger partial charge in [-0.25, -0.2) is 4.79 Å².